The summed E-state index contributed by atoms with van der Waals surface area (Å²) in [5, 5.41) is 11.9. The maximum absolute atomic E-state index is 11.8. The predicted molar refractivity (Wildman–Crippen MR) is 78.6 cm³/mol. The van der Waals surface area contributed by atoms with Crippen LogP contribution < -0.4 is 5.32 Å². The Morgan fingerprint density at radius 1 is 1.30 bits per heavy atom. The first-order valence-corrected chi connectivity index (χ1v) is 8.03. The maximum atomic E-state index is 11.8. The molecule has 2 N–H and O–H groups in total. The lowest BCUT2D eigenvalue weighted by Crippen LogP contribution is -2.43. The highest BCUT2D eigenvalue weighted by Gasteiger charge is 2.18. The molecule has 1 aliphatic heterocycles. The molecule has 0 spiro atoms. The van der Waals surface area contributed by atoms with Gasteiger partial charge in [-0.3, -0.25) is 9.59 Å². The van der Waals surface area contributed by atoms with Crippen LogP contribution in [0.25, 0.3) is 0 Å². The third-order valence-electron chi connectivity index (χ3n) is 3.17. The fraction of sp³-hybridized carbons (Fsp3) is 0.846. The molecule has 20 heavy (non-hydrogen) atoms. The Labute approximate surface area is 124 Å². The average molecular weight is 304 g/mol. The van der Waals surface area contributed by atoms with Gasteiger partial charge in [0.2, 0.25) is 11.8 Å². The van der Waals surface area contributed by atoms with Gasteiger partial charge in [-0.05, 0) is 5.92 Å². The van der Waals surface area contributed by atoms with Gasteiger partial charge < -0.3 is 20.1 Å². The van der Waals surface area contributed by atoms with Gasteiger partial charge >= 0.3 is 0 Å². The molecule has 0 radical (unpaired) electrons. The molecule has 0 aromatic rings. The summed E-state index contributed by atoms with van der Waals surface area (Å²) in [7, 11) is 0. The lowest BCUT2D eigenvalue weighted by Gasteiger charge is -2.26. The number of hydrogen-bond donors (Lipinski definition) is 2. The van der Waals surface area contributed by atoms with Crippen LogP contribution in [0.2, 0.25) is 0 Å². The lowest BCUT2D eigenvalue weighted by molar-refractivity contribution is -0.132. The number of amides is 2. The minimum absolute atomic E-state index is 0.0497. The normalized spacial score (nSPS) is 17.1. The molecule has 0 aromatic heterocycles. The van der Waals surface area contributed by atoms with Gasteiger partial charge in [-0.25, -0.2) is 0 Å². The van der Waals surface area contributed by atoms with Crippen LogP contribution in [-0.4, -0.2) is 72.3 Å². The molecule has 0 bridgehead atoms. The fourth-order valence-electron chi connectivity index (χ4n) is 1.81. The summed E-state index contributed by atoms with van der Waals surface area (Å²) in [4.78, 5) is 25.3. The first-order valence-electron chi connectivity index (χ1n) is 6.88. The molecule has 1 fully saturated rings. The lowest BCUT2D eigenvalue weighted by atomic mass is 10.1. The van der Waals surface area contributed by atoms with Crippen LogP contribution in [0.4, 0.5) is 0 Å². The Morgan fingerprint density at radius 2 is 1.95 bits per heavy atom. The number of aliphatic hydroxyl groups is 1. The molecule has 6 nitrogen and oxygen atoms in total. The summed E-state index contributed by atoms with van der Waals surface area (Å²) >= 11 is 1.30. The van der Waals surface area contributed by atoms with Crippen molar-refractivity contribution in [2.75, 3.05) is 44.4 Å². The third kappa shape index (κ3) is 6.11. The molecule has 1 saturated heterocycles. The molecule has 1 atom stereocenters. The maximum Gasteiger partial charge on any atom is 0.232 e. The highest BCUT2D eigenvalue weighted by atomic mass is 32.2. The average Bonchev–Trinajstić information content (AvgIpc) is 2.45. The second kappa shape index (κ2) is 9.20. The number of thioether (sulfide) groups is 1. The molecule has 1 heterocycles. The van der Waals surface area contributed by atoms with Crippen LogP contribution in [0.3, 0.4) is 0 Å². The van der Waals surface area contributed by atoms with E-state index in [1.54, 1.807) is 4.90 Å². The van der Waals surface area contributed by atoms with E-state index in [1.165, 1.54) is 11.8 Å². The number of carbonyl (C=O) groups is 2. The quantitative estimate of drug-likeness (QED) is 0.676. The van der Waals surface area contributed by atoms with Gasteiger partial charge in [-0.15, -0.1) is 11.8 Å². The molecule has 0 saturated carbocycles. The SMILES string of the molecule is CC(C)[C@@H](CO)NC(=O)CSCC(=O)N1CCOCC1. The monoisotopic (exact) mass is 304 g/mol. The van der Waals surface area contributed by atoms with Crippen molar-refractivity contribution in [2.45, 2.75) is 19.9 Å². The second-order valence-corrected chi connectivity index (χ2v) is 6.07. The van der Waals surface area contributed by atoms with Crippen LogP contribution >= 0.6 is 11.8 Å². The van der Waals surface area contributed by atoms with E-state index in [1.807, 2.05) is 13.8 Å². The van der Waals surface area contributed by atoms with Crippen LogP contribution in [0.1, 0.15) is 13.8 Å². The molecule has 7 heteroatoms. The van der Waals surface area contributed by atoms with Gasteiger partial charge in [0.15, 0.2) is 0 Å². The zero-order valence-corrected chi connectivity index (χ0v) is 12.9. The van der Waals surface area contributed by atoms with Crippen molar-refractivity contribution in [3.63, 3.8) is 0 Å². The Balaban J connectivity index is 2.19. The van der Waals surface area contributed by atoms with Gasteiger partial charge in [0.05, 0.1) is 37.4 Å². The molecule has 0 aromatic carbocycles. The molecule has 0 aliphatic carbocycles. The number of nitrogens with zero attached hydrogens (tertiary/aromatic N) is 1. The summed E-state index contributed by atoms with van der Waals surface area (Å²) in [5.41, 5.74) is 0. The molecule has 1 aliphatic rings. The van der Waals surface area contributed by atoms with Crippen molar-refractivity contribution in [1.82, 2.24) is 10.2 Å². The molecule has 0 unspecified atom stereocenters. The van der Waals surface area contributed by atoms with Crippen molar-refractivity contribution in [1.29, 1.82) is 0 Å². The number of nitrogens with one attached hydrogen (secondary N) is 1. The Morgan fingerprint density at radius 3 is 2.50 bits per heavy atom. The van der Waals surface area contributed by atoms with Gasteiger partial charge in [0.25, 0.3) is 0 Å². The summed E-state index contributed by atoms with van der Waals surface area (Å²) < 4.78 is 5.18. The van der Waals surface area contributed by atoms with Gasteiger partial charge in [-0.1, -0.05) is 13.8 Å². The summed E-state index contributed by atoms with van der Waals surface area (Å²) in [5.74, 6) is 0.633. The van der Waals surface area contributed by atoms with Gasteiger partial charge in [0, 0.05) is 13.1 Å². The number of hydrogen-bond acceptors (Lipinski definition) is 5. The standard InChI is InChI=1S/C13H24N2O4S/c1-10(2)11(7-16)14-12(17)8-20-9-13(18)15-3-5-19-6-4-15/h10-11,16H,3-9H2,1-2H3,(H,14,17)/t11-/m1/s1. The van der Waals surface area contributed by atoms with E-state index >= 15 is 0 Å². The van der Waals surface area contributed by atoms with E-state index in [0.29, 0.717) is 32.1 Å². The Kier molecular flexibility index (Phi) is 7.94. The van der Waals surface area contributed by atoms with Crippen LogP contribution in [0.15, 0.2) is 0 Å². The largest absolute Gasteiger partial charge is 0.394 e. The molecule has 116 valence electrons. The van der Waals surface area contributed by atoms with E-state index in [0.717, 1.165) is 0 Å². The van der Waals surface area contributed by atoms with Crippen molar-refractivity contribution < 1.29 is 19.4 Å². The number of morpholine rings is 1. The van der Waals surface area contributed by atoms with Crippen molar-refractivity contribution in [3.8, 4) is 0 Å². The second-order valence-electron chi connectivity index (χ2n) is 5.09. The van der Waals surface area contributed by atoms with E-state index in [9.17, 15) is 9.59 Å². The van der Waals surface area contributed by atoms with E-state index in [2.05, 4.69) is 5.32 Å². The van der Waals surface area contributed by atoms with Crippen molar-refractivity contribution in [3.05, 3.63) is 0 Å². The Hall–Kier alpha value is -0.790. The first kappa shape index (κ1) is 17.3. The van der Waals surface area contributed by atoms with Crippen LogP contribution in [-0.2, 0) is 14.3 Å². The van der Waals surface area contributed by atoms with Crippen LogP contribution in [0, 0.1) is 5.92 Å². The third-order valence-corrected chi connectivity index (χ3v) is 4.09. The number of carbonyl (C=O) groups excluding carboxylic acids is 2. The molecule has 2 amide bonds. The summed E-state index contributed by atoms with van der Waals surface area (Å²) in [6.45, 7) is 6.25. The number of ether oxygens (including phenoxy) is 1. The summed E-state index contributed by atoms with van der Waals surface area (Å²) in [6.07, 6.45) is 0. The van der Waals surface area contributed by atoms with Gasteiger partial charge in [0.1, 0.15) is 0 Å². The number of rotatable bonds is 7. The fourth-order valence-corrected chi connectivity index (χ4v) is 2.53. The van der Waals surface area contributed by atoms with E-state index in [-0.39, 0.29) is 36.1 Å². The van der Waals surface area contributed by atoms with Crippen molar-refractivity contribution in [2.24, 2.45) is 5.92 Å². The predicted octanol–water partition coefficient (Wildman–Crippen LogP) is -0.288. The topological polar surface area (TPSA) is 78.9 Å². The van der Waals surface area contributed by atoms with E-state index in [4.69, 9.17) is 9.84 Å². The zero-order chi connectivity index (χ0) is 15.0. The Bertz CT molecular complexity index is 319. The number of aliphatic hydroxyl groups excluding tert-OH is 1. The zero-order valence-electron chi connectivity index (χ0n) is 12.1. The smallest absolute Gasteiger partial charge is 0.232 e. The van der Waals surface area contributed by atoms with Crippen molar-refractivity contribution >= 4 is 23.6 Å². The molecule has 1 rings (SSSR count). The summed E-state index contributed by atoms with van der Waals surface area (Å²) in [6, 6.07) is -0.224. The first-order chi connectivity index (χ1) is 9.54. The van der Waals surface area contributed by atoms with Gasteiger partial charge in [-0.2, -0.15) is 0 Å². The highest BCUT2D eigenvalue weighted by molar-refractivity contribution is 8.00. The van der Waals surface area contributed by atoms with Crippen LogP contribution in [0.5, 0.6) is 0 Å². The molecular formula is C13H24N2O4S. The van der Waals surface area contributed by atoms with E-state index < -0.39 is 0 Å². The molecular weight excluding hydrogens is 280 g/mol. The minimum atomic E-state index is -0.224. The minimum Gasteiger partial charge on any atom is -0.394 e. The highest BCUT2D eigenvalue weighted by Crippen LogP contribution is 2.06.